The van der Waals surface area contributed by atoms with Gasteiger partial charge in [-0.1, -0.05) is 30.3 Å². The largest absolute Gasteiger partial charge is 0.464 e. The lowest BCUT2D eigenvalue weighted by Crippen LogP contribution is -2.47. The minimum Gasteiger partial charge on any atom is -0.464 e. The summed E-state index contributed by atoms with van der Waals surface area (Å²) in [6.45, 7) is 6.92. The van der Waals surface area contributed by atoms with Crippen LogP contribution in [0.25, 0.3) is 0 Å². The molecule has 0 aliphatic rings. The first kappa shape index (κ1) is 18.0. The molecular formula is C16H23NO5. The highest BCUT2D eigenvalue weighted by Crippen LogP contribution is 2.18. The number of amides is 1. The van der Waals surface area contributed by atoms with Crippen molar-refractivity contribution in [3.63, 3.8) is 0 Å². The van der Waals surface area contributed by atoms with Gasteiger partial charge in [0.1, 0.15) is 11.7 Å². The summed E-state index contributed by atoms with van der Waals surface area (Å²) in [5.74, 6) is -0.718. The SMILES string of the molecule is CCOC(=O)[C@@H](NC(=O)OC(C)(C)C)[C@H](O)c1ccccc1. The maximum Gasteiger partial charge on any atom is 0.408 e. The number of benzene rings is 1. The number of esters is 1. The first-order chi connectivity index (χ1) is 10.2. The van der Waals surface area contributed by atoms with Crippen molar-refractivity contribution in [2.45, 2.75) is 45.4 Å². The molecule has 0 radical (unpaired) electrons. The average molecular weight is 309 g/mol. The van der Waals surface area contributed by atoms with E-state index < -0.39 is 29.8 Å². The van der Waals surface area contributed by atoms with E-state index in [0.717, 1.165) is 0 Å². The average Bonchev–Trinajstić information content (AvgIpc) is 2.43. The second-order valence-electron chi connectivity index (χ2n) is 5.73. The van der Waals surface area contributed by atoms with Gasteiger partial charge in [0.2, 0.25) is 0 Å². The van der Waals surface area contributed by atoms with Gasteiger partial charge in [0.25, 0.3) is 0 Å². The van der Waals surface area contributed by atoms with Gasteiger partial charge in [-0.2, -0.15) is 0 Å². The van der Waals surface area contributed by atoms with E-state index in [-0.39, 0.29) is 6.61 Å². The Labute approximate surface area is 130 Å². The molecule has 0 saturated carbocycles. The minimum absolute atomic E-state index is 0.146. The molecule has 0 bridgehead atoms. The van der Waals surface area contributed by atoms with E-state index in [9.17, 15) is 14.7 Å². The van der Waals surface area contributed by atoms with Gasteiger partial charge in [0.05, 0.1) is 6.61 Å². The fourth-order valence-corrected chi connectivity index (χ4v) is 1.78. The highest BCUT2D eigenvalue weighted by atomic mass is 16.6. The fourth-order valence-electron chi connectivity index (χ4n) is 1.78. The van der Waals surface area contributed by atoms with Crippen molar-refractivity contribution in [3.8, 4) is 0 Å². The zero-order chi connectivity index (χ0) is 16.8. The fraction of sp³-hybridized carbons (Fsp3) is 0.500. The van der Waals surface area contributed by atoms with Crippen molar-refractivity contribution in [2.75, 3.05) is 6.61 Å². The van der Waals surface area contributed by atoms with Crippen LogP contribution in [0.15, 0.2) is 30.3 Å². The summed E-state index contributed by atoms with van der Waals surface area (Å²) in [5, 5.41) is 12.7. The summed E-state index contributed by atoms with van der Waals surface area (Å²) in [5.41, 5.74) is -0.210. The predicted molar refractivity (Wildman–Crippen MR) is 81.2 cm³/mol. The Morgan fingerprint density at radius 2 is 1.82 bits per heavy atom. The molecule has 0 aliphatic carbocycles. The van der Waals surface area contributed by atoms with Gasteiger partial charge in [0, 0.05) is 0 Å². The zero-order valence-electron chi connectivity index (χ0n) is 13.3. The number of hydrogen-bond donors (Lipinski definition) is 2. The monoisotopic (exact) mass is 309 g/mol. The molecule has 6 heteroatoms. The van der Waals surface area contributed by atoms with E-state index in [1.165, 1.54) is 0 Å². The number of alkyl carbamates (subject to hydrolysis) is 1. The van der Waals surface area contributed by atoms with Crippen LogP contribution in [0.2, 0.25) is 0 Å². The molecule has 0 fully saturated rings. The van der Waals surface area contributed by atoms with Crippen LogP contribution in [0.3, 0.4) is 0 Å². The molecule has 2 atom stereocenters. The maximum atomic E-state index is 12.0. The first-order valence-corrected chi connectivity index (χ1v) is 7.13. The molecular weight excluding hydrogens is 286 g/mol. The normalized spacial score (nSPS) is 13.9. The van der Waals surface area contributed by atoms with E-state index in [4.69, 9.17) is 9.47 Å². The number of carbonyl (C=O) groups excluding carboxylic acids is 2. The number of hydrogen-bond acceptors (Lipinski definition) is 5. The van der Waals surface area contributed by atoms with Crippen LogP contribution in [0.1, 0.15) is 39.4 Å². The maximum absolute atomic E-state index is 12.0. The van der Waals surface area contributed by atoms with Crippen molar-refractivity contribution >= 4 is 12.1 Å². The van der Waals surface area contributed by atoms with Crippen LogP contribution in [-0.4, -0.2) is 35.4 Å². The van der Waals surface area contributed by atoms with E-state index in [2.05, 4.69) is 5.32 Å². The minimum atomic E-state index is -1.24. The summed E-state index contributed by atoms with van der Waals surface area (Å²) in [7, 11) is 0. The predicted octanol–water partition coefficient (Wildman–Crippen LogP) is 2.18. The van der Waals surface area contributed by atoms with Crippen LogP contribution < -0.4 is 5.32 Å². The van der Waals surface area contributed by atoms with Crippen LogP contribution in [0.4, 0.5) is 4.79 Å². The van der Waals surface area contributed by atoms with E-state index >= 15 is 0 Å². The molecule has 22 heavy (non-hydrogen) atoms. The lowest BCUT2D eigenvalue weighted by molar-refractivity contribution is -0.148. The molecule has 0 spiro atoms. The van der Waals surface area contributed by atoms with Gasteiger partial charge in [-0.25, -0.2) is 9.59 Å². The molecule has 2 N–H and O–H groups in total. The van der Waals surface area contributed by atoms with Crippen LogP contribution in [0, 0.1) is 0 Å². The summed E-state index contributed by atoms with van der Waals surface area (Å²) < 4.78 is 10.0. The van der Waals surface area contributed by atoms with Gasteiger partial charge >= 0.3 is 12.1 Å². The standard InChI is InChI=1S/C16H23NO5/c1-5-21-14(19)12(17-15(20)22-16(2,3)4)13(18)11-9-7-6-8-10-11/h6-10,12-13,18H,5H2,1-4H3,(H,17,20)/t12-,13+/m0/s1. The summed E-state index contributed by atoms with van der Waals surface area (Å²) >= 11 is 0. The summed E-state index contributed by atoms with van der Waals surface area (Å²) in [4.78, 5) is 23.9. The van der Waals surface area contributed by atoms with E-state index in [1.807, 2.05) is 0 Å². The highest BCUT2D eigenvalue weighted by molar-refractivity contribution is 5.82. The number of ether oxygens (including phenoxy) is 2. The Hall–Kier alpha value is -2.08. The van der Waals surface area contributed by atoms with E-state index in [0.29, 0.717) is 5.56 Å². The molecule has 1 rings (SSSR count). The Morgan fingerprint density at radius 1 is 1.23 bits per heavy atom. The number of aliphatic hydroxyl groups excluding tert-OH is 1. The second-order valence-corrected chi connectivity index (χ2v) is 5.73. The van der Waals surface area contributed by atoms with Crippen molar-refractivity contribution in [3.05, 3.63) is 35.9 Å². The third-order valence-electron chi connectivity index (χ3n) is 2.67. The lowest BCUT2D eigenvalue weighted by Gasteiger charge is -2.25. The Bertz CT molecular complexity index is 495. The van der Waals surface area contributed by atoms with Gasteiger partial charge in [0.15, 0.2) is 6.04 Å². The second kappa shape index (κ2) is 7.79. The van der Waals surface area contributed by atoms with Gasteiger partial charge in [-0.05, 0) is 33.3 Å². The molecule has 0 aliphatic heterocycles. The Kier molecular flexibility index (Phi) is 6.37. The molecule has 122 valence electrons. The van der Waals surface area contributed by atoms with Gasteiger partial charge in [-0.15, -0.1) is 0 Å². The third kappa shape index (κ3) is 5.73. The zero-order valence-corrected chi connectivity index (χ0v) is 13.3. The molecule has 1 aromatic rings. The summed E-state index contributed by atoms with van der Waals surface area (Å²) in [6, 6.07) is 7.33. The Morgan fingerprint density at radius 3 is 2.32 bits per heavy atom. The molecule has 0 saturated heterocycles. The van der Waals surface area contributed by atoms with Gasteiger partial charge in [-0.3, -0.25) is 0 Å². The van der Waals surface area contributed by atoms with Gasteiger partial charge < -0.3 is 19.9 Å². The molecule has 6 nitrogen and oxygen atoms in total. The number of carbonyl (C=O) groups is 2. The topological polar surface area (TPSA) is 84.9 Å². The lowest BCUT2D eigenvalue weighted by atomic mass is 10.0. The summed E-state index contributed by atoms with van der Waals surface area (Å²) in [6.07, 6.45) is -2.02. The van der Waals surface area contributed by atoms with Crippen molar-refractivity contribution < 1.29 is 24.2 Å². The van der Waals surface area contributed by atoms with Crippen LogP contribution in [0.5, 0.6) is 0 Å². The van der Waals surface area contributed by atoms with Crippen molar-refractivity contribution in [1.29, 1.82) is 0 Å². The van der Waals surface area contributed by atoms with Crippen LogP contribution >= 0.6 is 0 Å². The first-order valence-electron chi connectivity index (χ1n) is 7.13. The van der Waals surface area contributed by atoms with Crippen LogP contribution in [-0.2, 0) is 14.3 Å². The number of aliphatic hydroxyl groups is 1. The smallest absolute Gasteiger partial charge is 0.408 e. The molecule has 1 aromatic carbocycles. The number of rotatable bonds is 5. The van der Waals surface area contributed by atoms with Crippen molar-refractivity contribution in [2.24, 2.45) is 0 Å². The van der Waals surface area contributed by atoms with Crippen molar-refractivity contribution in [1.82, 2.24) is 5.32 Å². The highest BCUT2D eigenvalue weighted by Gasteiger charge is 2.32. The molecule has 0 heterocycles. The number of nitrogens with one attached hydrogen (secondary N) is 1. The third-order valence-corrected chi connectivity index (χ3v) is 2.67. The Balaban J connectivity index is 2.89. The molecule has 1 amide bonds. The van der Waals surface area contributed by atoms with E-state index in [1.54, 1.807) is 58.0 Å². The molecule has 0 unspecified atom stereocenters. The quantitative estimate of drug-likeness (QED) is 0.814. The molecule has 0 aromatic heterocycles.